The van der Waals surface area contributed by atoms with Crippen LogP contribution in [-0.2, 0) is 15.7 Å². The van der Waals surface area contributed by atoms with Gasteiger partial charge in [0.25, 0.3) is 0 Å². The molecule has 1 aliphatic heterocycles. The maximum Gasteiger partial charge on any atom is 0.423 e. The van der Waals surface area contributed by atoms with E-state index in [0.29, 0.717) is 42.8 Å². The lowest BCUT2D eigenvalue weighted by molar-refractivity contribution is -0.142. The van der Waals surface area contributed by atoms with Crippen LogP contribution in [0.15, 0.2) is 61.3 Å². The zero-order valence-corrected chi connectivity index (χ0v) is 27.3. The molecule has 0 radical (unpaired) electrons. The average molecular weight is 696 g/mol. The molecule has 1 aliphatic carbocycles. The van der Waals surface area contributed by atoms with Crippen molar-refractivity contribution in [3.05, 3.63) is 72.4 Å². The third kappa shape index (κ3) is 8.34. The summed E-state index contributed by atoms with van der Waals surface area (Å²) < 4.78 is 61.8. The van der Waals surface area contributed by atoms with Gasteiger partial charge >= 0.3 is 18.2 Å². The Kier molecular flexibility index (Phi) is 10.8. The Morgan fingerprint density at radius 1 is 0.960 bits per heavy atom. The molecule has 0 unspecified atom stereocenters. The van der Waals surface area contributed by atoms with Crippen LogP contribution in [0, 0.1) is 0 Å². The minimum Gasteiger partial charge on any atom is -0.469 e. The number of nitrogens with zero attached hydrogens (tertiary/aromatic N) is 7. The van der Waals surface area contributed by atoms with Crippen molar-refractivity contribution in [1.82, 2.24) is 35.2 Å². The van der Waals surface area contributed by atoms with Gasteiger partial charge < -0.3 is 29.6 Å². The Morgan fingerprint density at radius 2 is 1.70 bits per heavy atom. The number of urea groups is 1. The molecule has 0 bridgehead atoms. The molecule has 2 amide bonds. The Labute approximate surface area is 285 Å². The maximum atomic E-state index is 14.1. The van der Waals surface area contributed by atoms with Gasteiger partial charge in [0.2, 0.25) is 11.8 Å². The number of amides is 2. The molecule has 264 valence electrons. The highest BCUT2D eigenvalue weighted by atomic mass is 19.4. The van der Waals surface area contributed by atoms with Crippen molar-refractivity contribution < 1.29 is 36.9 Å². The predicted octanol–water partition coefficient (Wildman–Crippen LogP) is 4.86. The van der Waals surface area contributed by atoms with Gasteiger partial charge in [-0.3, -0.25) is 9.88 Å². The standard InChI is InChI=1S/C33H36F3N9O5/c1-47-19-27(20-6-4-3-5-7-20)43-32(46)45(28-16-37-26(15-38-28)21-12-40-31(48-2)41-13-21)23-10-8-22(9-11-23)42-30-39-14-25(33(34,35)36)29(44-30)50-24-17-49-18-24/h3-7,12-16,22-24,27H,8-11,17-19H2,1-2H3,(H,43,46)(H,39,42,44)/t22-,23-,27-/m0/s1. The van der Waals surface area contributed by atoms with E-state index in [1.165, 1.54) is 13.3 Å². The highest BCUT2D eigenvalue weighted by Gasteiger charge is 2.38. The summed E-state index contributed by atoms with van der Waals surface area (Å²) in [6.45, 7) is 0.631. The number of rotatable bonds is 12. The summed E-state index contributed by atoms with van der Waals surface area (Å²) in [6, 6.07) is 8.47. The van der Waals surface area contributed by atoms with Crippen LogP contribution in [0.4, 0.5) is 29.7 Å². The molecule has 1 aromatic carbocycles. The number of aromatic nitrogens is 6. The summed E-state index contributed by atoms with van der Waals surface area (Å²) in [7, 11) is 3.04. The van der Waals surface area contributed by atoms with Gasteiger partial charge in [0.1, 0.15) is 11.7 Å². The van der Waals surface area contributed by atoms with E-state index < -0.39 is 29.8 Å². The number of benzene rings is 1. The first-order valence-corrected chi connectivity index (χ1v) is 16.0. The third-order valence-electron chi connectivity index (χ3n) is 8.38. The fourth-order valence-corrected chi connectivity index (χ4v) is 5.72. The van der Waals surface area contributed by atoms with Crippen molar-refractivity contribution in [2.24, 2.45) is 0 Å². The van der Waals surface area contributed by atoms with Crippen LogP contribution in [0.25, 0.3) is 11.3 Å². The topological polar surface area (TPSA) is 159 Å². The molecule has 6 rings (SSSR count). The lowest BCUT2D eigenvalue weighted by Crippen LogP contribution is -2.50. The molecular weight excluding hydrogens is 659 g/mol. The van der Waals surface area contributed by atoms with E-state index in [4.69, 9.17) is 18.9 Å². The van der Waals surface area contributed by atoms with Crippen LogP contribution in [0.3, 0.4) is 0 Å². The second kappa shape index (κ2) is 15.6. The molecule has 4 heterocycles. The zero-order chi connectivity index (χ0) is 35.1. The number of hydrogen-bond acceptors (Lipinski definition) is 12. The van der Waals surface area contributed by atoms with Gasteiger partial charge in [-0.25, -0.2) is 24.7 Å². The Bertz CT molecular complexity index is 1710. The Balaban J connectivity index is 1.19. The quantitative estimate of drug-likeness (QED) is 0.208. The second-order valence-corrected chi connectivity index (χ2v) is 11.8. The van der Waals surface area contributed by atoms with Crippen molar-refractivity contribution >= 4 is 17.8 Å². The fourth-order valence-electron chi connectivity index (χ4n) is 5.72. The van der Waals surface area contributed by atoms with Crippen LogP contribution >= 0.6 is 0 Å². The number of carbonyl (C=O) groups excluding carboxylic acids is 1. The van der Waals surface area contributed by atoms with Crippen molar-refractivity contribution in [1.29, 1.82) is 0 Å². The predicted molar refractivity (Wildman–Crippen MR) is 174 cm³/mol. The molecule has 17 heteroatoms. The van der Waals surface area contributed by atoms with E-state index in [1.54, 1.807) is 30.6 Å². The van der Waals surface area contributed by atoms with E-state index in [2.05, 4.69) is 40.5 Å². The number of alkyl halides is 3. The van der Waals surface area contributed by atoms with E-state index in [-0.39, 0.29) is 49.9 Å². The van der Waals surface area contributed by atoms with Gasteiger partial charge in [-0.1, -0.05) is 30.3 Å². The van der Waals surface area contributed by atoms with Crippen LogP contribution in [0.2, 0.25) is 0 Å². The van der Waals surface area contributed by atoms with Gasteiger partial charge in [-0.15, -0.1) is 0 Å². The summed E-state index contributed by atoms with van der Waals surface area (Å²) >= 11 is 0. The van der Waals surface area contributed by atoms with Gasteiger partial charge in [0.05, 0.1) is 51.1 Å². The van der Waals surface area contributed by atoms with Crippen molar-refractivity contribution in [2.75, 3.05) is 44.3 Å². The van der Waals surface area contributed by atoms with Crippen molar-refractivity contribution in [3.63, 3.8) is 0 Å². The number of carbonyl (C=O) groups is 1. The number of nitrogens with one attached hydrogen (secondary N) is 2. The second-order valence-electron chi connectivity index (χ2n) is 11.8. The lowest BCUT2D eigenvalue weighted by atomic mass is 9.90. The Morgan fingerprint density at radius 3 is 2.30 bits per heavy atom. The first-order valence-electron chi connectivity index (χ1n) is 16.0. The summed E-state index contributed by atoms with van der Waals surface area (Å²) in [6.07, 6.45) is 4.01. The van der Waals surface area contributed by atoms with Crippen LogP contribution < -0.4 is 25.0 Å². The molecule has 3 aromatic heterocycles. The SMILES string of the molecule is COC[C@H](NC(=O)N(c1cnc(-c2cnc(OC)nc2)cn1)[C@H]1CC[C@H](Nc2ncc(C(F)(F)F)c(OC3COC3)n2)CC1)c1ccccc1. The van der Waals surface area contributed by atoms with Gasteiger partial charge in [-0.05, 0) is 31.2 Å². The minimum atomic E-state index is -4.67. The Hall–Kier alpha value is -5.16. The van der Waals surface area contributed by atoms with Gasteiger partial charge in [0, 0.05) is 43.3 Å². The molecule has 2 aliphatic rings. The summed E-state index contributed by atoms with van der Waals surface area (Å²) in [4.78, 5) is 41.1. The summed E-state index contributed by atoms with van der Waals surface area (Å²) in [5.74, 6) is -0.165. The molecule has 0 spiro atoms. The number of methoxy groups -OCH3 is 2. The smallest absolute Gasteiger partial charge is 0.423 e. The highest BCUT2D eigenvalue weighted by Crippen LogP contribution is 2.36. The first-order chi connectivity index (χ1) is 24.2. The number of ether oxygens (including phenoxy) is 4. The summed E-state index contributed by atoms with van der Waals surface area (Å²) in [5.41, 5.74) is 0.961. The molecular formula is C33H36F3N9O5. The molecule has 14 nitrogen and oxygen atoms in total. The zero-order valence-electron chi connectivity index (χ0n) is 27.3. The van der Waals surface area contributed by atoms with Crippen LogP contribution in [0.5, 0.6) is 11.9 Å². The summed E-state index contributed by atoms with van der Waals surface area (Å²) in [5, 5.41) is 6.26. The first kappa shape index (κ1) is 34.7. The number of anilines is 2. The molecule has 1 atom stereocenters. The van der Waals surface area contributed by atoms with E-state index in [9.17, 15) is 18.0 Å². The largest absolute Gasteiger partial charge is 0.469 e. The van der Waals surface area contributed by atoms with E-state index in [1.807, 2.05) is 30.3 Å². The third-order valence-corrected chi connectivity index (χ3v) is 8.38. The molecule has 2 fully saturated rings. The van der Waals surface area contributed by atoms with Crippen LogP contribution in [0.1, 0.15) is 42.9 Å². The maximum absolute atomic E-state index is 14.1. The normalized spacial score (nSPS) is 18.4. The molecule has 2 N–H and O–H groups in total. The van der Waals surface area contributed by atoms with Crippen molar-refractivity contribution in [2.45, 2.75) is 56.1 Å². The lowest BCUT2D eigenvalue weighted by Gasteiger charge is -2.37. The van der Waals surface area contributed by atoms with Crippen LogP contribution in [-0.4, -0.2) is 88.2 Å². The van der Waals surface area contributed by atoms with Gasteiger partial charge in [0.15, 0.2) is 5.82 Å². The molecule has 4 aromatic rings. The monoisotopic (exact) mass is 695 g/mol. The number of halogens is 3. The molecule has 50 heavy (non-hydrogen) atoms. The van der Waals surface area contributed by atoms with Crippen molar-refractivity contribution in [3.8, 4) is 23.1 Å². The van der Waals surface area contributed by atoms with Gasteiger partial charge in [-0.2, -0.15) is 18.2 Å². The highest BCUT2D eigenvalue weighted by molar-refractivity contribution is 5.92. The molecule has 1 saturated carbocycles. The fraction of sp³-hybridized carbons (Fsp3) is 0.424. The van der Waals surface area contributed by atoms with E-state index in [0.717, 1.165) is 11.8 Å². The van der Waals surface area contributed by atoms with E-state index >= 15 is 0 Å². The molecule has 1 saturated heterocycles. The minimum absolute atomic E-state index is 0.0283. The average Bonchev–Trinajstić information content (AvgIpc) is 3.11. The number of hydrogen-bond donors (Lipinski definition) is 2.